The average molecular weight is 520 g/mol. The van der Waals surface area contributed by atoms with Crippen LogP contribution >= 0.6 is 0 Å². The summed E-state index contributed by atoms with van der Waals surface area (Å²) in [5.41, 5.74) is 0. The van der Waals surface area contributed by atoms with Crippen LogP contribution in [0.5, 0.6) is 17.2 Å². The predicted octanol–water partition coefficient (Wildman–Crippen LogP) is 6.75. The smallest absolute Gasteiger partial charge is 0.489 e. The fourth-order valence-corrected chi connectivity index (χ4v) is 3.06. The van der Waals surface area contributed by atoms with Crippen LogP contribution in [0.25, 0.3) is 10.8 Å². The molecule has 0 aliphatic rings. The SMILES string of the molecule is Fc1ccc(F)c(OB(Oc2c(F)ccc(F)c2F)Oc2cccc3c(F)c(F)c(F)c(F)c23)c1F. The molecule has 4 rings (SSSR count). The highest BCUT2D eigenvalue weighted by atomic mass is 19.2. The molecular formula is C22H7BF10O3. The molecule has 0 radical (unpaired) electrons. The Hall–Kier alpha value is -4.10. The second-order valence-corrected chi connectivity index (χ2v) is 6.92. The minimum Gasteiger partial charge on any atom is -0.489 e. The molecule has 0 unspecified atom stereocenters. The van der Waals surface area contributed by atoms with Crippen molar-refractivity contribution in [3.8, 4) is 17.2 Å². The Labute approximate surface area is 194 Å². The molecule has 0 bridgehead atoms. The van der Waals surface area contributed by atoms with Crippen LogP contribution in [0.4, 0.5) is 43.9 Å². The molecule has 0 saturated heterocycles. The number of hydrogen-bond acceptors (Lipinski definition) is 3. The summed E-state index contributed by atoms with van der Waals surface area (Å²) in [6.45, 7) is 0. The van der Waals surface area contributed by atoms with E-state index in [1.54, 1.807) is 0 Å². The Balaban J connectivity index is 1.85. The molecule has 3 nitrogen and oxygen atoms in total. The van der Waals surface area contributed by atoms with Gasteiger partial charge < -0.3 is 14.0 Å². The van der Waals surface area contributed by atoms with Gasteiger partial charge in [0, 0.05) is 5.39 Å². The zero-order valence-electron chi connectivity index (χ0n) is 17.1. The third-order valence-electron chi connectivity index (χ3n) is 4.72. The lowest BCUT2D eigenvalue weighted by Gasteiger charge is -2.19. The van der Waals surface area contributed by atoms with Crippen molar-refractivity contribution >= 4 is 18.1 Å². The second-order valence-electron chi connectivity index (χ2n) is 6.92. The average Bonchev–Trinajstić information content (AvgIpc) is 2.86. The molecule has 0 atom stereocenters. The molecule has 4 aromatic carbocycles. The van der Waals surface area contributed by atoms with Gasteiger partial charge in [0.1, 0.15) is 5.75 Å². The highest BCUT2D eigenvalue weighted by Crippen LogP contribution is 2.35. The van der Waals surface area contributed by atoms with Gasteiger partial charge in [0.05, 0.1) is 5.39 Å². The summed E-state index contributed by atoms with van der Waals surface area (Å²) in [6.07, 6.45) is 0. The molecular weight excluding hydrogens is 513 g/mol. The molecule has 0 amide bonds. The molecule has 0 N–H and O–H groups in total. The number of fused-ring (bicyclic) bond motifs is 1. The van der Waals surface area contributed by atoms with Crippen LogP contribution in [-0.4, -0.2) is 7.32 Å². The quantitative estimate of drug-likeness (QED) is 0.122. The van der Waals surface area contributed by atoms with E-state index in [1.165, 1.54) is 0 Å². The van der Waals surface area contributed by atoms with Crippen LogP contribution in [0.1, 0.15) is 0 Å². The first kappa shape index (κ1) is 25.0. The maximum atomic E-state index is 14.5. The van der Waals surface area contributed by atoms with E-state index in [-0.39, 0.29) is 0 Å². The molecule has 0 fully saturated rings. The zero-order chi connectivity index (χ0) is 26.3. The van der Waals surface area contributed by atoms with Gasteiger partial charge in [-0.15, -0.1) is 0 Å². The maximum Gasteiger partial charge on any atom is 0.864 e. The molecule has 0 aliphatic heterocycles. The predicted molar refractivity (Wildman–Crippen MR) is 104 cm³/mol. The third-order valence-corrected chi connectivity index (χ3v) is 4.72. The lowest BCUT2D eigenvalue weighted by atomic mass is 10.1. The van der Waals surface area contributed by atoms with Gasteiger partial charge >= 0.3 is 7.32 Å². The molecule has 14 heteroatoms. The van der Waals surface area contributed by atoms with Gasteiger partial charge in [-0.2, -0.15) is 8.78 Å². The van der Waals surface area contributed by atoms with Crippen molar-refractivity contribution in [3.63, 3.8) is 0 Å². The number of rotatable bonds is 6. The van der Waals surface area contributed by atoms with Gasteiger partial charge in [-0.05, 0) is 30.3 Å². The fourth-order valence-electron chi connectivity index (χ4n) is 3.06. The summed E-state index contributed by atoms with van der Waals surface area (Å²) >= 11 is 0. The first-order valence-electron chi connectivity index (χ1n) is 9.52. The highest BCUT2D eigenvalue weighted by molar-refractivity contribution is 6.40. The number of benzene rings is 4. The van der Waals surface area contributed by atoms with Crippen LogP contribution in [0.2, 0.25) is 0 Å². The Morgan fingerprint density at radius 1 is 0.444 bits per heavy atom. The fraction of sp³-hybridized carbons (Fsp3) is 0. The zero-order valence-corrected chi connectivity index (χ0v) is 17.1. The third kappa shape index (κ3) is 4.34. The van der Waals surface area contributed by atoms with Gasteiger partial charge in [0.25, 0.3) is 0 Å². The minimum atomic E-state index is -2.76. The Kier molecular flexibility index (Phi) is 6.61. The molecule has 0 spiro atoms. The summed E-state index contributed by atoms with van der Waals surface area (Å²) < 4.78 is 154. The van der Waals surface area contributed by atoms with Gasteiger partial charge in [-0.25, -0.2) is 35.1 Å². The maximum absolute atomic E-state index is 14.5. The van der Waals surface area contributed by atoms with Crippen LogP contribution in [0, 0.1) is 58.2 Å². The van der Waals surface area contributed by atoms with E-state index in [1.807, 2.05) is 0 Å². The lowest BCUT2D eigenvalue weighted by molar-refractivity contribution is 0.275. The first-order valence-corrected chi connectivity index (χ1v) is 9.52. The lowest BCUT2D eigenvalue weighted by Crippen LogP contribution is -2.38. The van der Waals surface area contributed by atoms with Gasteiger partial charge in [0.2, 0.25) is 11.6 Å². The van der Waals surface area contributed by atoms with E-state index in [9.17, 15) is 43.9 Å². The molecule has 0 saturated carbocycles. The molecule has 4 aromatic rings. The van der Waals surface area contributed by atoms with E-state index in [0.29, 0.717) is 24.3 Å². The van der Waals surface area contributed by atoms with Crippen LogP contribution in [-0.2, 0) is 0 Å². The molecule has 0 aromatic heterocycles. The van der Waals surface area contributed by atoms with E-state index in [4.69, 9.17) is 14.0 Å². The number of halogens is 10. The van der Waals surface area contributed by atoms with Crippen molar-refractivity contribution in [1.82, 2.24) is 0 Å². The Morgan fingerprint density at radius 3 is 1.44 bits per heavy atom. The van der Waals surface area contributed by atoms with Crippen LogP contribution < -0.4 is 14.0 Å². The molecule has 36 heavy (non-hydrogen) atoms. The van der Waals surface area contributed by atoms with Crippen molar-refractivity contribution in [1.29, 1.82) is 0 Å². The van der Waals surface area contributed by atoms with Crippen LogP contribution in [0.3, 0.4) is 0 Å². The summed E-state index contributed by atoms with van der Waals surface area (Å²) in [5.74, 6) is -22.7. The molecule has 0 heterocycles. The van der Waals surface area contributed by atoms with E-state index in [2.05, 4.69) is 0 Å². The highest BCUT2D eigenvalue weighted by Gasteiger charge is 2.37. The largest absolute Gasteiger partial charge is 0.864 e. The first-order chi connectivity index (χ1) is 17.0. The number of hydrogen-bond donors (Lipinski definition) is 0. The summed E-state index contributed by atoms with van der Waals surface area (Å²) in [6, 6.07) is 4.02. The summed E-state index contributed by atoms with van der Waals surface area (Å²) in [7, 11) is -2.76. The Morgan fingerprint density at radius 2 is 0.917 bits per heavy atom. The minimum absolute atomic E-state index is 0.361. The van der Waals surface area contributed by atoms with Crippen molar-refractivity contribution in [2.45, 2.75) is 0 Å². The monoisotopic (exact) mass is 520 g/mol. The van der Waals surface area contributed by atoms with Crippen molar-refractivity contribution in [3.05, 3.63) is 101 Å². The van der Waals surface area contributed by atoms with E-state index in [0.717, 1.165) is 18.2 Å². The topological polar surface area (TPSA) is 27.7 Å². The summed E-state index contributed by atoms with van der Waals surface area (Å²) in [5, 5.41) is -1.96. The second kappa shape index (κ2) is 9.51. The van der Waals surface area contributed by atoms with Gasteiger partial charge in [0.15, 0.2) is 58.0 Å². The van der Waals surface area contributed by atoms with Gasteiger partial charge in [-0.1, -0.05) is 12.1 Å². The Bertz CT molecular complexity index is 1440. The molecule has 186 valence electrons. The summed E-state index contributed by atoms with van der Waals surface area (Å²) in [4.78, 5) is 0. The standard InChI is InChI=1S/C22H7BF10O3/c24-9-4-6-11(26)21(16(9)29)35-23(36-22-12(27)7-5-10(25)17(22)30)34-13-3-1-2-8-14(13)18(31)20(33)19(32)15(8)28/h1-7H. The van der Waals surface area contributed by atoms with Crippen molar-refractivity contribution in [2.75, 3.05) is 0 Å². The van der Waals surface area contributed by atoms with Crippen molar-refractivity contribution < 1.29 is 57.9 Å². The van der Waals surface area contributed by atoms with E-state index < -0.39 is 93.5 Å². The van der Waals surface area contributed by atoms with Crippen LogP contribution in [0.15, 0.2) is 42.5 Å². The van der Waals surface area contributed by atoms with E-state index >= 15 is 0 Å². The normalized spacial score (nSPS) is 11.1. The van der Waals surface area contributed by atoms with Crippen molar-refractivity contribution in [2.24, 2.45) is 0 Å². The molecule has 0 aliphatic carbocycles. The van der Waals surface area contributed by atoms with Gasteiger partial charge in [-0.3, -0.25) is 0 Å².